The van der Waals surface area contributed by atoms with E-state index in [9.17, 15) is 4.39 Å². The molecule has 0 saturated carbocycles. The Morgan fingerprint density at radius 1 is 1.18 bits per heavy atom. The zero-order valence-corrected chi connectivity index (χ0v) is 12.7. The second kappa shape index (κ2) is 7.40. The van der Waals surface area contributed by atoms with Gasteiger partial charge in [-0.05, 0) is 44.0 Å². The normalized spacial score (nSPS) is 16.8. The molecule has 1 aromatic carbocycles. The third kappa shape index (κ3) is 4.31. The maximum absolute atomic E-state index is 13.1. The van der Waals surface area contributed by atoms with Gasteiger partial charge in [-0.3, -0.25) is 4.68 Å². The number of piperidine rings is 1. The Labute approximate surface area is 130 Å². The highest BCUT2D eigenvalue weighted by Gasteiger charge is 2.20. The predicted octanol–water partition coefficient (Wildman–Crippen LogP) is 2.96. The summed E-state index contributed by atoms with van der Waals surface area (Å²) in [6.07, 6.45) is 7.12. The van der Waals surface area contributed by atoms with Crippen LogP contribution in [0.3, 0.4) is 0 Å². The molecular weight excluding hydrogens is 281 g/mol. The maximum Gasteiger partial charge on any atom is 0.126 e. The van der Waals surface area contributed by atoms with E-state index in [-0.39, 0.29) is 11.9 Å². The van der Waals surface area contributed by atoms with E-state index in [1.165, 1.54) is 12.1 Å². The van der Waals surface area contributed by atoms with Gasteiger partial charge >= 0.3 is 0 Å². The minimum Gasteiger partial charge on any atom is -0.490 e. The molecule has 118 valence electrons. The number of rotatable bonds is 6. The van der Waals surface area contributed by atoms with Crippen LogP contribution in [0.15, 0.2) is 42.7 Å². The van der Waals surface area contributed by atoms with Gasteiger partial charge < -0.3 is 9.64 Å². The van der Waals surface area contributed by atoms with Crippen LogP contribution in [-0.2, 0) is 6.54 Å². The van der Waals surface area contributed by atoms with Gasteiger partial charge in [0.1, 0.15) is 17.7 Å². The highest BCUT2D eigenvalue weighted by molar-refractivity contribution is 5.22. The van der Waals surface area contributed by atoms with Crippen LogP contribution in [0.4, 0.5) is 4.39 Å². The Bertz CT molecular complexity index is 565. The summed E-state index contributed by atoms with van der Waals surface area (Å²) in [5.41, 5.74) is 0. The molecule has 0 atom stereocenters. The van der Waals surface area contributed by atoms with E-state index >= 15 is 0 Å². The molecule has 0 spiro atoms. The van der Waals surface area contributed by atoms with Crippen LogP contribution in [-0.4, -0.2) is 40.4 Å². The SMILES string of the molecule is Fc1cccc(OC2CCN(CCCn3cccn3)CC2)c1. The van der Waals surface area contributed by atoms with E-state index in [2.05, 4.69) is 10.00 Å². The van der Waals surface area contributed by atoms with E-state index in [0.29, 0.717) is 5.75 Å². The van der Waals surface area contributed by atoms with Crippen LogP contribution in [0.5, 0.6) is 5.75 Å². The van der Waals surface area contributed by atoms with Gasteiger partial charge in [0.15, 0.2) is 0 Å². The van der Waals surface area contributed by atoms with Crippen molar-refractivity contribution in [3.8, 4) is 5.75 Å². The van der Waals surface area contributed by atoms with E-state index in [1.54, 1.807) is 6.07 Å². The van der Waals surface area contributed by atoms with Gasteiger partial charge in [0, 0.05) is 38.1 Å². The number of hydrogen-bond donors (Lipinski definition) is 0. The number of likely N-dealkylation sites (tertiary alicyclic amines) is 1. The van der Waals surface area contributed by atoms with Gasteiger partial charge in [0.2, 0.25) is 0 Å². The third-order valence-corrected chi connectivity index (χ3v) is 4.05. The second-order valence-corrected chi connectivity index (χ2v) is 5.74. The summed E-state index contributed by atoms with van der Waals surface area (Å²) in [4.78, 5) is 2.47. The van der Waals surface area contributed by atoms with E-state index in [4.69, 9.17) is 4.74 Å². The standard InChI is InChI=1S/C17H22FN3O/c18-15-4-1-5-17(14-15)22-16-6-12-20(13-7-16)9-3-11-21-10-2-8-19-21/h1-2,4-5,8,10,14,16H,3,6-7,9,11-13H2. The van der Waals surface area contributed by atoms with Gasteiger partial charge in [-0.15, -0.1) is 0 Å². The lowest BCUT2D eigenvalue weighted by atomic mass is 10.1. The first-order valence-electron chi connectivity index (χ1n) is 7.91. The van der Waals surface area contributed by atoms with Crippen LogP contribution in [0.1, 0.15) is 19.3 Å². The molecule has 0 radical (unpaired) electrons. The van der Waals surface area contributed by atoms with Crippen LogP contribution in [0, 0.1) is 5.82 Å². The fraction of sp³-hybridized carbons (Fsp3) is 0.471. The number of nitrogens with zero attached hydrogens (tertiary/aromatic N) is 3. The van der Waals surface area contributed by atoms with Gasteiger partial charge in [-0.25, -0.2) is 4.39 Å². The fourth-order valence-corrected chi connectivity index (χ4v) is 2.87. The summed E-state index contributed by atoms with van der Waals surface area (Å²) in [6, 6.07) is 8.36. The number of hydrogen-bond acceptors (Lipinski definition) is 3. The van der Waals surface area contributed by atoms with Gasteiger partial charge in [0.25, 0.3) is 0 Å². The van der Waals surface area contributed by atoms with Crippen molar-refractivity contribution in [2.45, 2.75) is 31.9 Å². The zero-order chi connectivity index (χ0) is 15.2. The lowest BCUT2D eigenvalue weighted by Crippen LogP contribution is -2.38. The van der Waals surface area contributed by atoms with Gasteiger partial charge in [-0.1, -0.05) is 6.07 Å². The average Bonchev–Trinajstić information content (AvgIpc) is 3.02. The van der Waals surface area contributed by atoms with Gasteiger partial charge in [-0.2, -0.15) is 5.10 Å². The zero-order valence-electron chi connectivity index (χ0n) is 12.7. The fourth-order valence-electron chi connectivity index (χ4n) is 2.87. The minimum atomic E-state index is -0.242. The van der Waals surface area contributed by atoms with Crippen molar-refractivity contribution in [3.63, 3.8) is 0 Å². The Kier molecular flexibility index (Phi) is 5.06. The Balaban J connectivity index is 1.37. The molecule has 2 aromatic rings. The molecule has 2 heterocycles. The number of ether oxygens (including phenoxy) is 1. The molecule has 1 aromatic heterocycles. The van der Waals surface area contributed by atoms with Crippen molar-refractivity contribution >= 4 is 0 Å². The largest absolute Gasteiger partial charge is 0.490 e. The number of aromatic nitrogens is 2. The third-order valence-electron chi connectivity index (χ3n) is 4.05. The van der Waals surface area contributed by atoms with Crippen LogP contribution < -0.4 is 4.74 Å². The predicted molar refractivity (Wildman–Crippen MR) is 83.3 cm³/mol. The van der Waals surface area contributed by atoms with Crippen molar-refractivity contribution in [1.29, 1.82) is 0 Å². The van der Waals surface area contributed by atoms with E-state index in [1.807, 2.05) is 29.2 Å². The van der Waals surface area contributed by atoms with Crippen molar-refractivity contribution in [1.82, 2.24) is 14.7 Å². The molecule has 0 unspecified atom stereocenters. The van der Waals surface area contributed by atoms with E-state index in [0.717, 1.165) is 45.4 Å². The average molecular weight is 303 g/mol. The summed E-state index contributed by atoms with van der Waals surface area (Å²) in [5, 5.41) is 4.21. The van der Waals surface area contributed by atoms with Crippen LogP contribution in [0.25, 0.3) is 0 Å². The molecule has 0 bridgehead atoms. The topological polar surface area (TPSA) is 30.3 Å². The van der Waals surface area contributed by atoms with Crippen LogP contribution >= 0.6 is 0 Å². The number of aryl methyl sites for hydroxylation is 1. The van der Waals surface area contributed by atoms with Crippen LogP contribution in [0.2, 0.25) is 0 Å². The number of halogens is 1. The molecule has 0 aliphatic carbocycles. The molecule has 0 N–H and O–H groups in total. The molecule has 3 rings (SSSR count). The Morgan fingerprint density at radius 3 is 2.77 bits per heavy atom. The summed E-state index contributed by atoms with van der Waals surface area (Å²) in [6.45, 7) is 4.14. The first kappa shape index (κ1) is 15.0. The molecule has 0 amide bonds. The molecule has 1 aliphatic heterocycles. The van der Waals surface area contributed by atoms with Gasteiger partial charge in [0.05, 0.1) is 0 Å². The highest BCUT2D eigenvalue weighted by atomic mass is 19.1. The summed E-state index contributed by atoms with van der Waals surface area (Å²) in [7, 11) is 0. The minimum absolute atomic E-state index is 0.198. The Hall–Kier alpha value is -1.88. The molecule has 4 nitrogen and oxygen atoms in total. The van der Waals surface area contributed by atoms with Crippen molar-refractivity contribution in [2.24, 2.45) is 0 Å². The van der Waals surface area contributed by atoms with Crippen molar-refractivity contribution in [3.05, 3.63) is 48.5 Å². The van der Waals surface area contributed by atoms with Crippen molar-refractivity contribution in [2.75, 3.05) is 19.6 Å². The molecule has 1 saturated heterocycles. The first-order chi connectivity index (χ1) is 10.8. The smallest absolute Gasteiger partial charge is 0.126 e. The molecule has 1 aliphatic rings. The maximum atomic E-state index is 13.1. The molecule has 1 fully saturated rings. The lowest BCUT2D eigenvalue weighted by molar-refractivity contribution is 0.0988. The monoisotopic (exact) mass is 303 g/mol. The Morgan fingerprint density at radius 2 is 2.05 bits per heavy atom. The summed E-state index contributed by atoms with van der Waals surface area (Å²) in [5.74, 6) is 0.394. The summed E-state index contributed by atoms with van der Waals surface area (Å²) < 4.78 is 21.0. The molecule has 5 heteroatoms. The molecule has 22 heavy (non-hydrogen) atoms. The van der Waals surface area contributed by atoms with E-state index < -0.39 is 0 Å². The number of benzene rings is 1. The quantitative estimate of drug-likeness (QED) is 0.822. The molecular formula is C17H22FN3O. The second-order valence-electron chi connectivity index (χ2n) is 5.74. The highest BCUT2D eigenvalue weighted by Crippen LogP contribution is 2.19. The lowest BCUT2D eigenvalue weighted by Gasteiger charge is -2.32. The van der Waals surface area contributed by atoms with Crippen molar-refractivity contribution < 1.29 is 9.13 Å². The summed E-state index contributed by atoms with van der Waals surface area (Å²) >= 11 is 0. The first-order valence-corrected chi connectivity index (χ1v) is 7.91.